The first-order valence-electron chi connectivity index (χ1n) is 6.85. The van der Waals surface area contributed by atoms with Crippen molar-refractivity contribution in [1.29, 1.82) is 0 Å². The maximum absolute atomic E-state index is 11.7. The third-order valence-electron chi connectivity index (χ3n) is 3.07. The molecule has 8 nitrogen and oxygen atoms in total. The second kappa shape index (κ2) is 9.31. The molecule has 1 atom stereocenters. The standard InChI is InChI=1S/C12H24N2O6S/c1-18-4-5-20-7-6-19-3-2-14-9-11(8-12(14)15)10-21(13,16)17/h11H,2-10H2,1H3,(H2,13,16,17). The lowest BCUT2D eigenvalue weighted by Crippen LogP contribution is -2.30. The van der Waals surface area contributed by atoms with Gasteiger partial charge in [-0.25, -0.2) is 13.6 Å². The Hall–Kier alpha value is -0.740. The van der Waals surface area contributed by atoms with E-state index in [9.17, 15) is 13.2 Å². The van der Waals surface area contributed by atoms with Crippen LogP contribution in [0.25, 0.3) is 0 Å². The summed E-state index contributed by atoms with van der Waals surface area (Å²) < 4.78 is 37.4. The molecular formula is C12H24N2O6S. The summed E-state index contributed by atoms with van der Waals surface area (Å²) in [4.78, 5) is 13.3. The second-order valence-electron chi connectivity index (χ2n) is 4.96. The van der Waals surface area contributed by atoms with Crippen molar-refractivity contribution in [3.05, 3.63) is 0 Å². The summed E-state index contributed by atoms with van der Waals surface area (Å²) in [6, 6.07) is 0. The van der Waals surface area contributed by atoms with Crippen molar-refractivity contribution in [2.75, 3.05) is 59.0 Å². The van der Waals surface area contributed by atoms with Gasteiger partial charge in [-0.3, -0.25) is 4.79 Å². The van der Waals surface area contributed by atoms with Gasteiger partial charge in [0.05, 0.1) is 38.8 Å². The van der Waals surface area contributed by atoms with E-state index in [-0.39, 0.29) is 24.0 Å². The summed E-state index contributed by atoms with van der Waals surface area (Å²) >= 11 is 0. The van der Waals surface area contributed by atoms with Crippen LogP contribution in [0.4, 0.5) is 0 Å². The average Bonchev–Trinajstić information content (AvgIpc) is 2.70. The number of likely N-dealkylation sites (tertiary alicyclic amines) is 1. The highest BCUT2D eigenvalue weighted by Gasteiger charge is 2.31. The Bertz CT molecular complexity index is 414. The van der Waals surface area contributed by atoms with Gasteiger partial charge in [-0.05, 0) is 0 Å². The van der Waals surface area contributed by atoms with E-state index in [4.69, 9.17) is 19.3 Å². The Morgan fingerprint density at radius 1 is 1.19 bits per heavy atom. The van der Waals surface area contributed by atoms with E-state index in [1.165, 1.54) is 0 Å². The Morgan fingerprint density at radius 2 is 1.81 bits per heavy atom. The van der Waals surface area contributed by atoms with Crippen LogP contribution in [0.2, 0.25) is 0 Å². The molecule has 1 rings (SSSR count). The van der Waals surface area contributed by atoms with Gasteiger partial charge in [0.1, 0.15) is 0 Å². The van der Waals surface area contributed by atoms with Crippen LogP contribution in [-0.2, 0) is 29.0 Å². The molecule has 0 spiro atoms. The summed E-state index contributed by atoms with van der Waals surface area (Å²) in [5, 5.41) is 4.99. The molecule has 1 fully saturated rings. The summed E-state index contributed by atoms with van der Waals surface area (Å²) in [7, 11) is -1.92. The first-order chi connectivity index (χ1) is 9.92. The fourth-order valence-electron chi connectivity index (χ4n) is 2.15. The molecule has 0 aromatic rings. The molecule has 0 aromatic carbocycles. The molecule has 1 aliphatic rings. The van der Waals surface area contributed by atoms with Gasteiger partial charge in [-0.2, -0.15) is 0 Å². The summed E-state index contributed by atoms with van der Waals surface area (Å²) in [6.07, 6.45) is 0.233. The molecule has 1 unspecified atom stereocenters. The fraction of sp³-hybridized carbons (Fsp3) is 0.917. The summed E-state index contributed by atoms with van der Waals surface area (Å²) in [5.41, 5.74) is 0. The van der Waals surface area contributed by atoms with Gasteiger partial charge >= 0.3 is 0 Å². The van der Waals surface area contributed by atoms with E-state index in [2.05, 4.69) is 0 Å². The predicted molar refractivity (Wildman–Crippen MR) is 76.2 cm³/mol. The van der Waals surface area contributed by atoms with Gasteiger partial charge in [-0.15, -0.1) is 0 Å². The van der Waals surface area contributed by atoms with Gasteiger partial charge < -0.3 is 19.1 Å². The largest absolute Gasteiger partial charge is 0.382 e. The van der Waals surface area contributed by atoms with E-state index in [1.807, 2.05) is 0 Å². The zero-order valence-electron chi connectivity index (χ0n) is 12.3. The Labute approximate surface area is 125 Å². The maximum Gasteiger partial charge on any atom is 0.223 e. The molecule has 1 heterocycles. The van der Waals surface area contributed by atoms with Gasteiger partial charge in [0.2, 0.25) is 15.9 Å². The van der Waals surface area contributed by atoms with Crippen LogP contribution in [0.1, 0.15) is 6.42 Å². The van der Waals surface area contributed by atoms with E-state index in [1.54, 1.807) is 12.0 Å². The molecule has 0 saturated carbocycles. The molecule has 124 valence electrons. The summed E-state index contributed by atoms with van der Waals surface area (Å²) in [6.45, 7) is 3.29. The average molecular weight is 324 g/mol. The second-order valence-corrected chi connectivity index (χ2v) is 6.62. The van der Waals surface area contributed by atoms with E-state index in [0.29, 0.717) is 46.1 Å². The maximum atomic E-state index is 11.7. The van der Waals surface area contributed by atoms with Gasteiger partial charge in [-0.1, -0.05) is 0 Å². The van der Waals surface area contributed by atoms with Crippen molar-refractivity contribution in [3.63, 3.8) is 0 Å². The Kier molecular flexibility index (Phi) is 8.12. The van der Waals surface area contributed by atoms with Gasteiger partial charge in [0, 0.05) is 32.5 Å². The number of nitrogens with two attached hydrogens (primary N) is 1. The molecule has 21 heavy (non-hydrogen) atoms. The minimum absolute atomic E-state index is 0.0522. The number of methoxy groups -OCH3 is 1. The van der Waals surface area contributed by atoms with Crippen LogP contribution >= 0.6 is 0 Å². The fourth-order valence-corrected chi connectivity index (χ4v) is 3.03. The zero-order valence-corrected chi connectivity index (χ0v) is 13.1. The molecule has 1 saturated heterocycles. The molecule has 9 heteroatoms. The monoisotopic (exact) mass is 324 g/mol. The molecule has 0 aliphatic carbocycles. The molecule has 1 amide bonds. The lowest BCUT2D eigenvalue weighted by Gasteiger charge is -2.16. The number of hydrogen-bond donors (Lipinski definition) is 1. The number of amides is 1. The first kappa shape index (κ1) is 18.3. The SMILES string of the molecule is COCCOCCOCCN1CC(CS(N)(=O)=O)CC1=O. The highest BCUT2D eigenvalue weighted by atomic mass is 32.2. The van der Waals surface area contributed by atoms with Crippen molar-refractivity contribution in [3.8, 4) is 0 Å². The molecule has 0 aromatic heterocycles. The molecule has 0 radical (unpaired) electrons. The lowest BCUT2D eigenvalue weighted by atomic mass is 10.1. The number of carbonyl (C=O) groups is 1. The minimum atomic E-state index is -3.53. The quantitative estimate of drug-likeness (QED) is 0.478. The first-order valence-corrected chi connectivity index (χ1v) is 8.56. The number of ether oxygens (including phenoxy) is 3. The zero-order chi connectivity index (χ0) is 15.7. The minimum Gasteiger partial charge on any atom is -0.382 e. The third-order valence-corrected chi connectivity index (χ3v) is 4.01. The van der Waals surface area contributed by atoms with Crippen LogP contribution in [0.5, 0.6) is 0 Å². The highest BCUT2D eigenvalue weighted by Crippen LogP contribution is 2.18. The smallest absolute Gasteiger partial charge is 0.223 e. The number of rotatable bonds is 11. The van der Waals surface area contributed by atoms with E-state index < -0.39 is 10.0 Å². The van der Waals surface area contributed by atoms with Crippen molar-refractivity contribution in [1.82, 2.24) is 4.90 Å². The third kappa shape index (κ3) is 8.32. The lowest BCUT2D eigenvalue weighted by molar-refractivity contribution is -0.128. The molecule has 0 bridgehead atoms. The molecule has 1 aliphatic heterocycles. The number of primary sulfonamides is 1. The highest BCUT2D eigenvalue weighted by molar-refractivity contribution is 7.89. The number of nitrogens with zero attached hydrogens (tertiary/aromatic N) is 1. The van der Waals surface area contributed by atoms with Crippen molar-refractivity contribution < 1.29 is 27.4 Å². The van der Waals surface area contributed by atoms with Crippen LogP contribution < -0.4 is 5.14 Å². The number of carbonyl (C=O) groups excluding carboxylic acids is 1. The normalized spacial score (nSPS) is 19.4. The Balaban J connectivity index is 2.09. The predicted octanol–water partition coefficient (Wildman–Crippen LogP) is -1.20. The van der Waals surface area contributed by atoms with Crippen LogP contribution in [0, 0.1) is 5.92 Å². The number of sulfonamides is 1. The van der Waals surface area contributed by atoms with Crippen LogP contribution in [-0.4, -0.2) is 78.2 Å². The van der Waals surface area contributed by atoms with E-state index in [0.717, 1.165) is 0 Å². The van der Waals surface area contributed by atoms with Gasteiger partial charge in [0.15, 0.2) is 0 Å². The van der Waals surface area contributed by atoms with Crippen molar-refractivity contribution in [2.24, 2.45) is 11.1 Å². The molecular weight excluding hydrogens is 300 g/mol. The molecule has 2 N–H and O–H groups in total. The van der Waals surface area contributed by atoms with Crippen molar-refractivity contribution in [2.45, 2.75) is 6.42 Å². The topological polar surface area (TPSA) is 108 Å². The van der Waals surface area contributed by atoms with Crippen LogP contribution in [0.3, 0.4) is 0 Å². The van der Waals surface area contributed by atoms with Gasteiger partial charge in [0.25, 0.3) is 0 Å². The summed E-state index contributed by atoms with van der Waals surface area (Å²) in [5.74, 6) is -0.419. The Morgan fingerprint density at radius 3 is 2.43 bits per heavy atom. The van der Waals surface area contributed by atoms with Crippen molar-refractivity contribution >= 4 is 15.9 Å². The van der Waals surface area contributed by atoms with E-state index >= 15 is 0 Å². The van der Waals surface area contributed by atoms with Crippen LogP contribution in [0.15, 0.2) is 0 Å². The number of hydrogen-bond acceptors (Lipinski definition) is 6.